The lowest BCUT2D eigenvalue weighted by Gasteiger charge is -2.19. The summed E-state index contributed by atoms with van der Waals surface area (Å²) in [6, 6.07) is 16.2. The molecule has 26 heavy (non-hydrogen) atoms. The van der Waals surface area contributed by atoms with Gasteiger partial charge in [0.25, 0.3) is 5.91 Å². The second-order valence-corrected chi connectivity index (χ2v) is 5.78. The van der Waals surface area contributed by atoms with Gasteiger partial charge in [-0.1, -0.05) is 30.3 Å². The summed E-state index contributed by atoms with van der Waals surface area (Å²) in [4.78, 5) is 25.3. The van der Waals surface area contributed by atoms with Crippen LogP contribution in [0.15, 0.2) is 67.0 Å². The van der Waals surface area contributed by atoms with Crippen molar-refractivity contribution in [3.05, 3.63) is 78.1 Å². The Morgan fingerprint density at radius 3 is 2.27 bits per heavy atom. The van der Waals surface area contributed by atoms with Gasteiger partial charge in [0.15, 0.2) is 0 Å². The highest BCUT2D eigenvalue weighted by Crippen LogP contribution is 2.16. The Kier molecular flexibility index (Phi) is 5.38. The molecule has 0 aliphatic rings. The third kappa shape index (κ3) is 4.54. The predicted octanol–water partition coefficient (Wildman–Crippen LogP) is 2.41. The third-order valence-corrected chi connectivity index (χ3v) is 3.79. The van der Waals surface area contributed by atoms with Gasteiger partial charge in [0.05, 0.1) is 25.0 Å². The van der Waals surface area contributed by atoms with E-state index in [4.69, 9.17) is 0 Å². The van der Waals surface area contributed by atoms with E-state index in [1.54, 1.807) is 36.7 Å². The first-order valence-corrected chi connectivity index (χ1v) is 8.19. The van der Waals surface area contributed by atoms with Crippen LogP contribution in [0, 0.1) is 0 Å². The van der Waals surface area contributed by atoms with Crippen LogP contribution in [0.4, 0.5) is 5.69 Å². The number of nitrogens with zero attached hydrogens (tertiary/aromatic N) is 3. The number of aromatic nitrogens is 3. The number of rotatable bonds is 6. The van der Waals surface area contributed by atoms with E-state index in [1.807, 2.05) is 30.3 Å². The van der Waals surface area contributed by atoms with Crippen LogP contribution in [0.1, 0.15) is 28.9 Å². The zero-order valence-corrected chi connectivity index (χ0v) is 14.3. The van der Waals surface area contributed by atoms with Gasteiger partial charge in [0.2, 0.25) is 5.91 Å². The van der Waals surface area contributed by atoms with Crippen molar-refractivity contribution in [1.82, 2.24) is 20.3 Å². The van der Waals surface area contributed by atoms with Crippen molar-refractivity contribution in [1.29, 1.82) is 0 Å². The molecule has 0 aliphatic carbocycles. The van der Waals surface area contributed by atoms with Crippen molar-refractivity contribution in [2.45, 2.75) is 19.5 Å². The molecule has 7 heteroatoms. The summed E-state index contributed by atoms with van der Waals surface area (Å²) >= 11 is 0. The first-order chi connectivity index (χ1) is 12.6. The first-order valence-electron chi connectivity index (χ1n) is 8.19. The molecule has 1 aromatic heterocycles. The smallest absolute Gasteiger partial charge is 0.251 e. The van der Waals surface area contributed by atoms with Crippen molar-refractivity contribution in [2.75, 3.05) is 5.32 Å². The number of hydrogen-bond acceptors (Lipinski definition) is 4. The molecule has 1 unspecified atom stereocenters. The van der Waals surface area contributed by atoms with Crippen LogP contribution in [-0.4, -0.2) is 26.8 Å². The highest BCUT2D eigenvalue weighted by Gasteiger charge is 2.17. The number of amides is 2. The maximum absolute atomic E-state index is 12.6. The van der Waals surface area contributed by atoms with E-state index in [9.17, 15) is 9.59 Å². The molecule has 0 saturated heterocycles. The van der Waals surface area contributed by atoms with Gasteiger partial charge in [-0.25, -0.2) is 0 Å². The predicted molar refractivity (Wildman–Crippen MR) is 97.4 cm³/mol. The van der Waals surface area contributed by atoms with Crippen LogP contribution in [0.3, 0.4) is 0 Å². The molecule has 3 aromatic rings. The third-order valence-electron chi connectivity index (χ3n) is 3.79. The Bertz CT molecular complexity index is 861. The van der Waals surface area contributed by atoms with Gasteiger partial charge in [-0.3, -0.25) is 9.59 Å². The van der Waals surface area contributed by atoms with Crippen LogP contribution in [0.2, 0.25) is 0 Å². The lowest BCUT2D eigenvalue weighted by molar-refractivity contribution is -0.114. The second-order valence-electron chi connectivity index (χ2n) is 5.78. The molecule has 0 aliphatic heterocycles. The molecule has 132 valence electrons. The minimum Gasteiger partial charge on any atom is -0.343 e. The van der Waals surface area contributed by atoms with E-state index in [1.165, 1.54) is 11.7 Å². The molecule has 2 N–H and O–H groups in total. The molecular weight excluding hydrogens is 330 g/mol. The van der Waals surface area contributed by atoms with Gasteiger partial charge in [-0.05, 0) is 29.8 Å². The van der Waals surface area contributed by atoms with Crippen molar-refractivity contribution >= 4 is 17.5 Å². The van der Waals surface area contributed by atoms with E-state index in [0.29, 0.717) is 17.8 Å². The Morgan fingerprint density at radius 1 is 1.00 bits per heavy atom. The number of carbonyl (C=O) groups is 2. The zero-order valence-electron chi connectivity index (χ0n) is 14.3. The van der Waals surface area contributed by atoms with Crippen LogP contribution < -0.4 is 10.6 Å². The molecule has 0 radical (unpaired) electrons. The Labute approximate surface area is 151 Å². The minimum atomic E-state index is -0.272. The zero-order chi connectivity index (χ0) is 18.4. The lowest BCUT2D eigenvalue weighted by atomic mass is 10.1. The van der Waals surface area contributed by atoms with Gasteiger partial charge in [-0.15, -0.1) is 0 Å². The van der Waals surface area contributed by atoms with E-state index < -0.39 is 0 Å². The molecule has 1 heterocycles. The van der Waals surface area contributed by atoms with Gasteiger partial charge < -0.3 is 10.6 Å². The van der Waals surface area contributed by atoms with Crippen LogP contribution in [0.25, 0.3) is 0 Å². The summed E-state index contributed by atoms with van der Waals surface area (Å²) < 4.78 is 0. The summed E-state index contributed by atoms with van der Waals surface area (Å²) in [7, 11) is 0. The largest absolute Gasteiger partial charge is 0.343 e. The fraction of sp³-hybridized carbons (Fsp3) is 0.158. The quantitative estimate of drug-likeness (QED) is 0.715. The van der Waals surface area contributed by atoms with Crippen molar-refractivity contribution in [3.63, 3.8) is 0 Å². The minimum absolute atomic E-state index is 0.155. The highest BCUT2D eigenvalue weighted by atomic mass is 16.2. The van der Waals surface area contributed by atoms with E-state index in [2.05, 4.69) is 20.8 Å². The second kappa shape index (κ2) is 8.06. The molecule has 0 fully saturated rings. The number of nitrogens with one attached hydrogen (secondary N) is 2. The van der Waals surface area contributed by atoms with Gasteiger partial charge in [0, 0.05) is 18.2 Å². The summed E-state index contributed by atoms with van der Waals surface area (Å²) in [5.41, 5.74) is 2.12. The fourth-order valence-corrected chi connectivity index (χ4v) is 2.57. The molecule has 0 saturated carbocycles. The van der Waals surface area contributed by atoms with Crippen molar-refractivity contribution < 1.29 is 9.59 Å². The molecule has 0 bridgehead atoms. The van der Waals surface area contributed by atoms with Crippen LogP contribution >= 0.6 is 0 Å². The summed E-state index contributed by atoms with van der Waals surface area (Å²) in [6.07, 6.45) is 3.20. The monoisotopic (exact) mass is 349 g/mol. The Morgan fingerprint density at radius 2 is 1.65 bits per heavy atom. The topological polar surface area (TPSA) is 88.9 Å². The standard InChI is InChI=1S/C19H19N5O2/c1-14(25)22-17-9-7-16(8-10-17)19(26)23-18(13-24-20-11-12-21-24)15-5-3-2-4-6-15/h2-12,18H,13H2,1H3,(H,22,25)(H,23,26). The number of carbonyl (C=O) groups excluding carboxylic acids is 2. The molecular formula is C19H19N5O2. The average molecular weight is 349 g/mol. The Hall–Kier alpha value is -3.48. The number of benzene rings is 2. The summed E-state index contributed by atoms with van der Waals surface area (Å²) in [6.45, 7) is 1.86. The molecule has 1 atom stereocenters. The maximum Gasteiger partial charge on any atom is 0.251 e. The molecule has 2 amide bonds. The maximum atomic E-state index is 12.6. The lowest BCUT2D eigenvalue weighted by Crippen LogP contribution is -2.32. The molecule has 2 aromatic carbocycles. The SMILES string of the molecule is CC(=O)Nc1ccc(C(=O)NC(Cn2nccn2)c2ccccc2)cc1. The molecule has 7 nitrogen and oxygen atoms in total. The van der Waals surface area contributed by atoms with E-state index in [-0.39, 0.29) is 17.9 Å². The summed E-state index contributed by atoms with van der Waals surface area (Å²) in [5.74, 6) is -0.363. The molecule has 0 spiro atoms. The fourth-order valence-electron chi connectivity index (χ4n) is 2.57. The van der Waals surface area contributed by atoms with Crippen LogP contribution in [-0.2, 0) is 11.3 Å². The van der Waals surface area contributed by atoms with E-state index in [0.717, 1.165) is 5.56 Å². The highest BCUT2D eigenvalue weighted by molar-refractivity contribution is 5.95. The number of anilines is 1. The van der Waals surface area contributed by atoms with Gasteiger partial charge >= 0.3 is 0 Å². The number of hydrogen-bond donors (Lipinski definition) is 2. The van der Waals surface area contributed by atoms with Crippen LogP contribution in [0.5, 0.6) is 0 Å². The first kappa shape index (κ1) is 17.3. The van der Waals surface area contributed by atoms with E-state index >= 15 is 0 Å². The summed E-state index contributed by atoms with van der Waals surface area (Å²) in [5, 5.41) is 13.9. The van der Waals surface area contributed by atoms with Crippen molar-refractivity contribution in [2.24, 2.45) is 0 Å². The average Bonchev–Trinajstić information content (AvgIpc) is 3.15. The van der Waals surface area contributed by atoms with Gasteiger partial charge in [-0.2, -0.15) is 15.0 Å². The normalized spacial score (nSPS) is 11.6. The van der Waals surface area contributed by atoms with Gasteiger partial charge in [0.1, 0.15) is 0 Å². The molecule has 3 rings (SSSR count). The Balaban J connectivity index is 1.75. The van der Waals surface area contributed by atoms with Crippen molar-refractivity contribution in [3.8, 4) is 0 Å².